The largest absolute Gasteiger partial charge is 0.506 e. The van der Waals surface area contributed by atoms with Gasteiger partial charge in [-0.15, -0.1) is 0 Å². The molecule has 2 rings (SSSR count). The van der Waals surface area contributed by atoms with E-state index in [1.54, 1.807) is 6.07 Å². The second-order valence-electron chi connectivity index (χ2n) is 3.84. The number of phenols is 1. The lowest BCUT2D eigenvalue weighted by atomic mass is 10.2. The summed E-state index contributed by atoms with van der Waals surface area (Å²) in [6, 6.07) is 11.4. The maximum atomic E-state index is 9.90. The highest BCUT2D eigenvalue weighted by atomic mass is 79.9. The fraction of sp³-hybridized carbons (Fsp3) is 0.0769. The zero-order valence-electron chi connectivity index (χ0n) is 9.75. The summed E-state index contributed by atoms with van der Waals surface area (Å²) in [5, 5.41) is 10.3. The van der Waals surface area contributed by atoms with E-state index in [-0.39, 0.29) is 10.8 Å². The van der Waals surface area contributed by atoms with Crippen LogP contribution in [-0.4, -0.2) is 5.11 Å². The van der Waals surface area contributed by atoms with Gasteiger partial charge in [-0.3, -0.25) is 0 Å². The molecule has 0 saturated carbocycles. The number of para-hydroxylation sites is 1. The summed E-state index contributed by atoms with van der Waals surface area (Å²) >= 11 is 15.1. The van der Waals surface area contributed by atoms with Crippen LogP contribution in [0.3, 0.4) is 0 Å². The molecule has 0 unspecified atom stereocenters. The van der Waals surface area contributed by atoms with Crippen LogP contribution in [0.4, 0.5) is 5.69 Å². The number of anilines is 1. The molecule has 0 spiro atoms. The van der Waals surface area contributed by atoms with Gasteiger partial charge in [0.05, 0.1) is 5.02 Å². The van der Waals surface area contributed by atoms with Crippen LogP contribution in [0.1, 0.15) is 5.56 Å². The molecule has 0 saturated heterocycles. The van der Waals surface area contributed by atoms with Gasteiger partial charge in [-0.1, -0.05) is 41.4 Å². The molecule has 3 N–H and O–H groups in total. The fourth-order valence-corrected chi connectivity index (χ4v) is 2.49. The molecule has 0 aliphatic carbocycles. The number of hydrazine groups is 1. The molecule has 0 fully saturated rings. The number of benzene rings is 2. The van der Waals surface area contributed by atoms with Crippen LogP contribution in [0.5, 0.6) is 5.75 Å². The molecular weight excluding hydrogens is 351 g/mol. The van der Waals surface area contributed by atoms with Crippen molar-refractivity contribution >= 4 is 44.8 Å². The molecule has 6 heteroatoms. The van der Waals surface area contributed by atoms with Crippen LogP contribution in [-0.2, 0) is 6.54 Å². The molecule has 100 valence electrons. The lowest BCUT2D eigenvalue weighted by molar-refractivity contribution is 0.466. The minimum atomic E-state index is -0.0165. The molecule has 19 heavy (non-hydrogen) atoms. The van der Waals surface area contributed by atoms with Gasteiger partial charge in [0.25, 0.3) is 0 Å². The van der Waals surface area contributed by atoms with Crippen molar-refractivity contribution < 1.29 is 5.11 Å². The van der Waals surface area contributed by atoms with Crippen molar-refractivity contribution in [2.75, 3.05) is 5.43 Å². The minimum Gasteiger partial charge on any atom is -0.506 e. The molecule has 0 aliphatic heterocycles. The Balaban J connectivity index is 2.04. The molecule has 0 atom stereocenters. The molecule has 3 nitrogen and oxygen atoms in total. The third-order valence-electron chi connectivity index (χ3n) is 2.50. The molecule has 2 aromatic rings. The van der Waals surface area contributed by atoms with Crippen LogP contribution in [0.25, 0.3) is 0 Å². The standard InChI is InChI=1S/C13H11BrCl2N2O/c14-10-6-8(13(19)12(16)11(10)15)7-17-18-9-4-2-1-3-5-9/h1-6,17-19H,7H2. The van der Waals surface area contributed by atoms with Gasteiger partial charge in [-0.05, 0) is 34.1 Å². The van der Waals surface area contributed by atoms with E-state index in [2.05, 4.69) is 26.8 Å². The van der Waals surface area contributed by atoms with E-state index >= 15 is 0 Å². The van der Waals surface area contributed by atoms with Gasteiger partial charge in [0.1, 0.15) is 10.8 Å². The van der Waals surface area contributed by atoms with Crippen LogP contribution in [0.2, 0.25) is 10.0 Å². The Kier molecular flexibility index (Phi) is 4.93. The zero-order chi connectivity index (χ0) is 13.8. The number of nitrogens with one attached hydrogen (secondary N) is 2. The highest BCUT2D eigenvalue weighted by molar-refractivity contribution is 9.10. The maximum absolute atomic E-state index is 9.90. The van der Waals surface area contributed by atoms with Crippen molar-refractivity contribution in [1.29, 1.82) is 0 Å². The first-order valence-corrected chi connectivity index (χ1v) is 7.03. The van der Waals surface area contributed by atoms with E-state index < -0.39 is 0 Å². The third-order valence-corrected chi connectivity index (χ3v) is 4.21. The zero-order valence-corrected chi connectivity index (χ0v) is 12.9. The fourth-order valence-electron chi connectivity index (χ4n) is 1.53. The average Bonchev–Trinajstić information content (AvgIpc) is 2.43. The second-order valence-corrected chi connectivity index (χ2v) is 5.45. The van der Waals surface area contributed by atoms with Gasteiger partial charge in [0.15, 0.2) is 0 Å². The second kappa shape index (κ2) is 6.48. The van der Waals surface area contributed by atoms with Gasteiger partial charge in [-0.2, -0.15) is 0 Å². The molecule has 2 aromatic carbocycles. The van der Waals surface area contributed by atoms with Crippen LogP contribution >= 0.6 is 39.1 Å². The topological polar surface area (TPSA) is 44.3 Å². The molecule has 0 aromatic heterocycles. The summed E-state index contributed by atoms with van der Waals surface area (Å²) < 4.78 is 0.647. The number of hydrogen-bond donors (Lipinski definition) is 3. The Morgan fingerprint density at radius 3 is 2.47 bits per heavy atom. The Labute approximate surface area is 129 Å². The van der Waals surface area contributed by atoms with Gasteiger partial charge in [-0.25, -0.2) is 5.43 Å². The Morgan fingerprint density at radius 1 is 1.11 bits per heavy atom. The molecule has 0 amide bonds. The molecular formula is C13H11BrCl2N2O. The summed E-state index contributed by atoms with van der Waals surface area (Å²) in [5.41, 5.74) is 7.60. The van der Waals surface area contributed by atoms with Crippen LogP contribution < -0.4 is 10.9 Å². The summed E-state index contributed by atoms with van der Waals surface area (Å²) in [5.74, 6) is -0.0165. The Bertz CT molecular complexity index is 579. The van der Waals surface area contributed by atoms with Crippen molar-refractivity contribution in [3.05, 3.63) is 56.5 Å². The van der Waals surface area contributed by atoms with Gasteiger partial charge in [0, 0.05) is 22.3 Å². The van der Waals surface area contributed by atoms with Crippen molar-refractivity contribution in [3.63, 3.8) is 0 Å². The third kappa shape index (κ3) is 3.54. The maximum Gasteiger partial charge on any atom is 0.140 e. The lowest BCUT2D eigenvalue weighted by Crippen LogP contribution is -2.20. The summed E-state index contributed by atoms with van der Waals surface area (Å²) in [4.78, 5) is 0. The number of halogens is 3. The van der Waals surface area contributed by atoms with Gasteiger partial charge < -0.3 is 10.5 Å². The lowest BCUT2D eigenvalue weighted by Gasteiger charge is -2.12. The van der Waals surface area contributed by atoms with Crippen molar-refractivity contribution in [1.82, 2.24) is 5.43 Å². The smallest absolute Gasteiger partial charge is 0.140 e. The SMILES string of the molecule is Oc1c(CNNc2ccccc2)cc(Br)c(Cl)c1Cl. The number of phenolic OH excluding ortho intramolecular Hbond substituents is 1. The van der Waals surface area contributed by atoms with Gasteiger partial charge in [0.2, 0.25) is 0 Å². The first-order valence-electron chi connectivity index (χ1n) is 5.49. The minimum absolute atomic E-state index is 0.0165. The van der Waals surface area contributed by atoms with Crippen LogP contribution in [0.15, 0.2) is 40.9 Å². The predicted octanol–water partition coefficient (Wildman–Crippen LogP) is 4.58. The number of aromatic hydroxyl groups is 1. The van der Waals surface area contributed by atoms with E-state index in [0.717, 1.165) is 5.69 Å². The first kappa shape index (κ1) is 14.5. The van der Waals surface area contributed by atoms with Crippen molar-refractivity contribution in [3.8, 4) is 5.75 Å². The first-order chi connectivity index (χ1) is 9.09. The highest BCUT2D eigenvalue weighted by Gasteiger charge is 2.13. The van der Waals surface area contributed by atoms with Gasteiger partial charge >= 0.3 is 0 Å². The molecule has 0 aliphatic rings. The Hall–Kier alpha value is -0.940. The van der Waals surface area contributed by atoms with E-state index in [1.807, 2.05) is 30.3 Å². The normalized spacial score (nSPS) is 10.5. The number of hydrogen-bond acceptors (Lipinski definition) is 3. The predicted molar refractivity (Wildman–Crippen MR) is 82.7 cm³/mol. The highest BCUT2D eigenvalue weighted by Crippen LogP contribution is 2.39. The average molecular weight is 362 g/mol. The summed E-state index contributed by atoms with van der Waals surface area (Å²) in [6.07, 6.45) is 0. The van der Waals surface area contributed by atoms with Crippen molar-refractivity contribution in [2.24, 2.45) is 0 Å². The van der Waals surface area contributed by atoms with E-state index in [0.29, 0.717) is 21.6 Å². The summed E-state index contributed by atoms with van der Waals surface area (Å²) in [7, 11) is 0. The quantitative estimate of drug-likeness (QED) is 0.551. The summed E-state index contributed by atoms with van der Waals surface area (Å²) in [6.45, 7) is 0.399. The van der Waals surface area contributed by atoms with E-state index in [1.165, 1.54) is 0 Å². The van der Waals surface area contributed by atoms with E-state index in [9.17, 15) is 5.11 Å². The molecule has 0 radical (unpaired) electrons. The van der Waals surface area contributed by atoms with Crippen LogP contribution in [0, 0.1) is 0 Å². The van der Waals surface area contributed by atoms with E-state index in [4.69, 9.17) is 23.2 Å². The molecule has 0 heterocycles. The monoisotopic (exact) mass is 360 g/mol. The van der Waals surface area contributed by atoms with Crippen molar-refractivity contribution in [2.45, 2.75) is 6.54 Å². The molecule has 0 bridgehead atoms. The number of rotatable bonds is 4. The Morgan fingerprint density at radius 2 is 1.79 bits per heavy atom.